The average Bonchev–Trinajstić information content (AvgIpc) is 2.09. The van der Waals surface area contributed by atoms with Gasteiger partial charge in [0.1, 0.15) is 0 Å². The normalized spacial score (nSPS) is 9.17. The molecule has 0 atom stereocenters. The number of hydrogen-bond donors (Lipinski definition) is 1. The number of nitrogens with zero attached hydrogens (tertiary/aromatic N) is 3. The second-order valence-electron chi connectivity index (χ2n) is 2.47. The zero-order valence-corrected chi connectivity index (χ0v) is 6.73. The Hall–Kier alpha value is -1.51. The summed E-state index contributed by atoms with van der Waals surface area (Å²) in [5.74, 6) is 0. The van der Waals surface area contributed by atoms with Gasteiger partial charge in [-0.1, -0.05) is 17.2 Å². The van der Waals surface area contributed by atoms with Gasteiger partial charge < -0.3 is 5.11 Å². The molecule has 0 radical (unpaired) electrons. The van der Waals surface area contributed by atoms with E-state index in [9.17, 15) is 0 Å². The summed E-state index contributed by atoms with van der Waals surface area (Å²) in [7, 11) is 0. The summed E-state index contributed by atoms with van der Waals surface area (Å²) in [6, 6.07) is 5.29. The Morgan fingerprint density at radius 3 is 2.92 bits per heavy atom. The minimum Gasteiger partial charge on any atom is -0.392 e. The molecular formula is C8H9N3O. The Kier molecular flexibility index (Phi) is 2.69. The van der Waals surface area contributed by atoms with Crippen LogP contribution in [0.3, 0.4) is 0 Å². The van der Waals surface area contributed by atoms with Crippen molar-refractivity contribution >= 4 is 5.69 Å². The third-order valence-electron chi connectivity index (χ3n) is 1.61. The lowest BCUT2D eigenvalue weighted by molar-refractivity contribution is 0.282. The van der Waals surface area contributed by atoms with Crippen molar-refractivity contribution in [2.45, 2.75) is 13.5 Å². The molecule has 0 aliphatic carbocycles. The number of benzene rings is 1. The van der Waals surface area contributed by atoms with E-state index in [0.717, 1.165) is 11.1 Å². The van der Waals surface area contributed by atoms with E-state index in [2.05, 4.69) is 10.0 Å². The van der Waals surface area contributed by atoms with Gasteiger partial charge >= 0.3 is 0 Å². The van der Waals surface area contributed by atoms with Crippen LogP contribution >= 0.6 is 0 Å². The van der Waals surface area contributed by atoms with Crippen LogP contribution in [0.25, 0.3) is 10.4 Å². The highest BCUT2D eigenvalue weighted by atomic mass is 16.3. The minimum absolute atomic E-state index is 0.0335. The molecule has 0 bridgehead atoms. The van der Waals surface area contributed by atoms with E-state index in [4.69, 9.17) is 10.6 Å². The van der Waals surface area contributed by atoms with Crippen molar-refractivity contribution in [2.24, 2.45) is 5.11 Å². The standard InChI is InChI=1S/C8H9N3O/c1-6-2-3-7(5-12)4-8(6)10-11-9/h2-4,12H,5H2,1H3. The number of hydrogen-bond acceptors (Lipinski definition) is 2. The van der Waals surface area contributed by atoms with E-state index < -0.39 is 0 Å². The topological polar surface area (TPSA) is 69.0 Å². The molecule has 62 valence electrons. The Bertz CT molecular complexity index is 329. The molecule has 1 aromatic carbocycles. The molecule has 4 heteroatoms. The lowest BCUT2D eigenvalue weighted by Gasteiger charge is -2.00. The van der Waals surface area contributed by atoms with Crippen molar-refractivity contribution in [3.8, 4) is 0 Å². The van der Waals surface area contributed by atoms with Crippen LogP contribution in [-0.4, -0.2) is 5.11 Å². The second kappa shape index (κ2) is 3.76. The van der Waals surface area contributed by atoms with E-state index in [1.54, 1.807) is 12.1 Å². The Balaban J connectivity index is 3.16. The first-order chi connectivity index (χ1) is 5.77. The maximum absolute atomic E-state index is 8.79. The lowest BCUT2D eigenvalue weighted by Crippen LogP contribution is -1.82. The molecule has 0 amide bonds. The Morgan fingerprint density at radius 2 is 2.33 bits per heavy atom. The summed E-state index contributed by atoms with van der Waals surface area (Å²) in [6.07, 6.45) is 0. The summed E-state index contributed by atoms with van der Waals surface area (Å²) < 4.78 is 0. The molecule has 1 rings (SSSR count). The Morgan fingerprint density at radius 1 is 1.58 bits per heavy atom. The SMILES string of the molecule is Cc1ccc(CO)cc1N=[N+]=[N-]. The molecule has 12 heavy (non-hydrogen) atoms. The third-order valence-corrected chi connectivity index (χ3v) is 1.61. The highest BCUT2D eigenvalue weighted by Crippen LogP contribution is 2.19. The maximum Gasteiger partial charge on any atom is 0.0681 e. The van der Waals surface area contributed by atoms with Gasteiger partial charge in [-0.15, -0.1) is 0 Å². The van der Waals surface area contributed by atoms with Gasteiger partial charge in [0.25, 0.3) is 0 Å². The van der Waals surface area contributed by atoms with Crippen LogP contribution in [0.5, 0.6) is 0 Å². The van der Waals surface area contributed by atoms with Gasteiger partial charge in [0.05, 0.1) is 6.61 Å². The summed E-state index contributed by atoms with van der Waals surface area (Å²) in [4.78, 5) is 2.69. The predicted octanol–water partition coefficient (Wildman–Crippen LogP) is 2.43. The number of azide groups is 1. The van der Waals surface area contributed by atoms with Crippen molar-refractivity contribution in [3.05, 3.63) is 39.8 Å². The van der Waals surface area contributed by atoms with Crippen molar-refractivity contribution in [2.75, 3.05) is 0 Å². The van der Waals surface area contributed by atoms with Crippen molar-refractivity contribution < 1.29 is 5.11 Å². The van der Waals surface area contributed by atoms with Crippen molar-refractivity contribution in [1.82, 2.24) is 0 Å². The zero-order valence-electron chi connectivity index (χ0n) is 6.73. The molecule has 0 spiro atoms. The summed E-state index contributed by atoms with van der Waals surface area (Å²) >= 11 is 0. The molecule has 0 aromatic heterocycles. The molecular weight excluding hydrogens is 154 g/mol. The smallest absolute Gasteiger partial charge is 0.0681 e. The van der Waals surface area contributed by atoms with Gasteiger partial charge in [-0.25, -0.2) is 0 Å². The monoisotopic (exact) mass is 163 g/mol. The van der Waals surface area contributed by atoms with Gasteiger partial charge in [-0.2, -0.15) is 0 Å². The van der Waals surface area contributed by atoms with Crippen LogP contribution in [0.2, 0.25) is 0 Å². The number of rotatable bonds is 2. The molecule has 0 saturated carbocycles. The van der Waals surface area contributed by atoms with E-state index in [1.807, 2.05) is 13.0 Å². The van der Waals surface area contributed by atoms with Crippen molar-refractivity contribution in [1.29, 1.82) is 0 Å². The summed E-state index contributed by atoms with van der Waals surface area (Å²) in [6.45, 7) is 1.82. The fourth-order valence-electron chi connectivity index (χ4n) is 0.909. The summed E-state index contributed by atoms with van der Waals surface area (Å²) in [5.41, 5.74) is 10.4. The molecule has 0 unspecified atom stereocenters. The fourth-order valence-corrected chi connectivity index (χ4v) is 0.909. The van der Waals surface area contributed by atoms with Crippen LogP contribution < -0.4 is 0 Å². The zero-order chi connectivity index (χ0) is 8.97. The average molecular weight is 163 g/mol. The lowest BCUT2D eigenvalue weighted by atomic mass is 10.1. The number of aliphatic hydroxyl groups is 1. The van der Waals surface area contributed by atoms with Crippen LogP contribution in [0, 0.1) is 6.92 Å². The van der Waals surface area contributed by atoms with Gasteiger partial charge in [-0.05, 0) is 29.6 Å². The molecule has 0 heterocycles. The molecule has 0 aliphatic rings. The number of aliphatic hydroxyl groups excluding tert-OH is 1. The molecule has 4 nitrogen and oxygen atoms in total. The third kappa shape index (κ3) is 1.75. The number of aryl methyl sites for hydroxylation is 1. The Labute approximate surface area is 70.1 Å². The molecule has 1 aromatic rings. The van der Waals surface area contributed by atoms with Crippen molar-refractivity contribution in [3.63, 3.8) is 0 Å². The molecule has 0 aliphatic heterocycles. The molecule has 0 fully saturated rings. The van der Waals surface area contributed by atoms with Crippen LogP contribution in [-0.2, 0) is 6.61 Å². The van der Waals surface area contributed by atoms with Crippen LogP contribution in [0.15, 0.2) is 23.3 Å². The molecule has 1 N–H and O–H groups in total. The second-order valence-corrected chi connectivity index (χ2v) is 2.47. The summed E-state index contributed by atoms with van der Waals surface area (Å²) in [5, 5.41) is 12.3. The minimum atomic E-state index is -0.0335. The first-order valence-corrected chi connectivity index (χ1v) is 3.53. The molecule has 0 saturated heterocycles. The van der Waals surface area contributed by atoms with E-state index in [1.165, 1.54) is 0 Å². The first kappa shape index (κ1) is 8.59. The first-order valence-electron chi connectivity index (χ1n) is 3.53. The van der Waals surface area contributed by atoms with Gasteiger partial charge in [-0.3, -0.25) is 0 Å². The largest absolute Gasteiger partial charge is 0.392 e. The van der Waals surface area contributed by atoms with E-state index in [-0.39, 0.29) is 6.61 Å². The van der Waals surface area contributed by atoms with E-state index >= 15 is 0 Å². The maximum atomic E-state index is 8.79. The van der Waals surface area contributed by atoms with Crippen LogP contribution in [0.4, 0.5) is 5.69 Å². The van der Waals surface area contributed by atoms with E-state index in [0.29, 0.717) is 5.69 Å². The van der Waals surface area contributed by atoms with Gasteiger partial charge in [0, 0.05) is 10.6 Å². The highest BCUT2D eigenvalue weighted by molar-refractivity contribution is 5.47. The quantitative estimate of drug-likeness (QED) is 0.406. The van der Waals surface area contributed by atoms with Gasteiger partial charge in [0.2, 0.25) is 0 Å². The van der Waals surface area contributed by atoms with Crippen LogP contribution in [0.1, 0.15) is 11.1 Å². The predicted molar refractivity (Wildman–Crippen MR) is 45.9 cm³/mol. The fraction of sp³-hybridized carbons (Fsp3) is 0.250. The van der Waals surface area contributed by atoms with Gasteiger partial charge in [0.15, 0.2) is 0 Å². The highest BCUT2D eigenvalue weighted by Gasteiger charge is 1.96.